The maximum absolute atomic E-state index is 11.8. The maximum atomic E-state index is 11.8. The molecular formula is C17H23N3O2. The van der Waals surface area contributed by atoms with Crippen molar-refractivity contribution in [2.75, 3.05) is 32.1 Å². The van der Waals surface area contributed by atoms with Gasteiger partial charge in [-0.15, -0.1) is 0 Å². The molecule has 0 atom stereocenters. The summed E-state index contributed by atoms with van der Waals surface area (Å²) in [6, 6.07) is 6.93. The van der Waals surface area contributed by atoms with Crippen LogP contribution in [-0.2, 0) is 11.8 Å². The molecular weight excluding hydrogens is 278 g/mol. The Kier molecular flexibility index (Phi) is 4.07. The molecule has 3 rings (SSSR count). The molecule has 1 aliphatic rings. The van der Waals surface area contributed by atoms with Crippen LogP contribution < -0.4 is 10.2 Å². The van der Waals surface area contributed by atoms with Crippen LogP contribution in [-0.4, -0.2) is 43.8 Å². The van der Waals surface area contributed by atoms with E-state index in [2.05, 4.69) is 22.3 Å². The number of carbonyl (C=O) groups excluding carboxylic acids is 1. The normalized spacial score (nSPS) is 16.2. The van der Waals surface area contributed by atoms with E-state index in [1.54, 1.807) is 0 Å². The third kappa shape index (κ3) is 2.57. The zero-order valence-corrected chi connectivity index (χ0v) is 13.4. The fourth-order valence-electron chi connectivity index (χ4n) is 3.27. The minimum absolute atomic E-state index is 0.284. The van der Waals surface area contributed by atoms with Gasteiger partial charge in [-0.3, -0.25) is 0 Å². The number of ether oxygens (including phenoxy) is 1. The molecule has 0 saturated carbocycles. The maximum Gasteiger partial charge on any atom is 0.340 e. The summed E-state index contributed by atoms with van der Waals surface area (Å²) >= 11 is 0. The largest absolute Gasteiger partial charge is 0.465 e. The van der Waals surface area contributed by atoms with Crippen molar-refractivity contribution in [3.05, 3.63) is 30.0 Å². The van der Waals surface area contributed by atoms with Crippen LogP contribution >= 0.6 is 0 Å². The van der Waals surface area contributed by atoms with Crippen LogP contribution in [0.4, 0.5) is 5.69 Å². The summed E-state index contributed by atoms with van der Waals surface area (Å²) in [6.45, 7) is 2.12. The Bertz CT molecular complexity index is 685. The molecule has 0 radical (unpaired) electrons. The lowest BCUT2D eigenvalue weighted by Gasteiger charge is -2.33. The first kappa shape index (κ1) is 14.9. The highest BCUT2D eigenvalue weighted by Gasteiger charge is 2.20. The zero-order chi connectivity index (χ0) is 15.7. The van der Waals surface area contributed by atoms with Gasteiger partial charge in [-0.1, -0.05) is 0 Å². The Hall–Kier alpha value is -2.01. The van der Waals surface area contributed by atoms with Crippen molar-refractivity contribution in [3.63, 3.8) is 0 Å². The molecule has 1 aromatic heterocycles. The smallest absolute Gasteiger partial charge is 0.340 e. The quantitative estimate of drug-likeness (QED) is 0.883. The van der Waals surface area contributed by atoms with Crippen molar-refractivity contribution in [2.24, 2.45) is 7.05 Å². The molecule has 1 saturated heterocycles. The van der Waals surface area contributed by atoms with Gasteiger partial charge in [0.2, 0.25) is 0 Å². The Morgan fingerprint density at radius 3 is 2.68 bits per heavy atom. The molecule has 0 bridgehead atoms. The molecule has 0 aliphatic carbocycles. The van der Waals surface area contributed by atoms with E-state index in [9.17, 15) is 4.79 Å². The number of carbonyl (C=O) groups is 1. The fraction of sp³-hybridized carbons (Fsp3) is 0.471. The molecule has 118 valence electrons. The van der Waals surface area contributed by atoms with Crippen LogP contribution in [0.2, 0.25) is 0 Å². The molecule has 1 N–H and O–H groups in total. The number of nitrogens with zero attached hydrogens (tertiary/aromatic N) is 2. The summed E-state index contributed by atoms with van der Waals surface area (Å²) < 4.78 is 6.85. The predicted octanol–water partition coefficient (Wildman–Crippen LogP) is 2.15. The zero-order valence-electron chi connectivity index (χ0n) is 13.4. The summed E-state index contributed by atoms with van der Waals surface area (Å²) in [4.78, 5) is 14.3. The topological polar surface area (TPSA) is 46.5 Å². The first-order chi connectivity index (χ1) is 10.6. The molecule has 1 fully saturated rings. The highest BCUT2D eigenvalue weighted by Crippen LogP contribution is 2.28. The monoisotopic (exact) mass is 301 g/mol. The fourth-order valence-corrected chi connectivity index (χ4v) is 3.27. The Balaban J connectivity index is 1.91. The van der Waals surface area contributed by atoms with E-state index in [0.717, 1.165) is 36.8 Å². The van der Waals surface area contributed by atoms with Crippen molar-refractivity contribution >= 4 is 22.6 Å². The van der Waals surface area contributed by atoms with Crippen molar-refractivity contribution in [2.45, 2.75) is 18.9 Å². The Labute approximate surface area is 130 Å². The van der Waals surface area contributed by atoms with E-state index in [0.29, 0.717) is 11.6 Å². The van der Waals surface area contributed by atoms with Gasteiger partial charge < -0.3 is 19.5 Å². The van der Waals surface area contributed by atoms with Crippen molar-refractivity contribution in [1.29, 1.82) is 0 Å². The van der Waals surface area contributed by atoms with Gasteiger partial charge in [-0.2, -0.15) is 0 Å². The number of hydrogen-bond donors (Lipinski definition) is 1. The minimum Gasteiger partial charge on any atom is -0.465 e. The van der Waals surface area contributed by atoms with Crippen molar-refractivity contribution in [1.82, 2.24) is 9.88 Å². The molecule has 22 heavy (non-hydrogen) atoms. The SMILES string of the molecule is CNC1CCN(c2ccc3c(C(=O)OC)cn(C)c3c2)CC1. The van der Waals surface area contributed by atoms with E-state index in [-0.39, 0.29) is 5.97 Å². The number of fused-ring (bicyclic) bond motifs is 1. The molecule has 5 heteroatoms. The number of methoxy groups -OCH3 is 1. The molecule has 1 aliphatic heterocycles. The van der Waals surface area contributed by atoms with Crippen LogP contribution in [0.3, 0.4) is 0 Å². The molecule has 0 spiro atoms. The summed E-state index contributed by atoms with van der Waals surface area (Å²) in [6.07, 6.45) is 4.16. The van der Waals surface area contributed by atoms with Crippen LogP contribution in [0.1, 0.15) is 23.2 Å². The average molecular weight is 301 g/mol. The number of anilines is 1. The second-order valence-corrected chi connectivity index (χ2v) is 5.90. The number of esters is 1. The molecule has 1 aromatic carbocycles. The number of benzene rings is 1. The Morgan fingerprint density at radius 1 is 1.32 bits per heavy atom. The van der Waals surface area contributed by atoms with E-state index < -0.39 is 0 Å². The number of aromatic nitrogens is 1. The summed E-state index contributed by atoms with van der Waals surface area (Å²) in [5, 5.41) is 4.30. The van der Waals surface area contributed by atoms with Gasteiger partial charge >= 0.3 is 5.97 Å². The van der Waals surface area contributed by atoms with Crippen LogP contribution in [0.15, 0.2) is 24.4 Å². The third-order valence-corrected chi connectivity index (χ3v) is 4.65. The first-order valence-electron chi connectivity index (χ1n) is 7.73. The number of piperidine rings is 1. The molecule has 0 amide bonds. The third-order valence-electron chi connectivity index (χ3n) is 4.65. The van der Waals surface area contributed by atoms with Crippen LogP contribution in [0, 0.1) is 0 Å². The Morgan fingerprint density at radius 2 is 2.05 bits per heavy atom. The first-order valence-corrected chi connectivity index (χ1v) is 7.73. The predicted molar refractivity (Wildman–Crippen MR) is 88.6 cm³/mol. The molecule has 2 heterocycles. The van der Waals surface area contributed by atoms with Gasteiger partial charge in [0.1, 0.15) is 0 Å². The van der Waals surface area contributed by atoms with Gasteiger partial charge in [0.15, 0.2) is 0 Å². The second kappa shape index (κ2) is 6.01. The number of nitrogens with one attached hydrogen (secondary N) is 1. The van der Waals surface area contributed by atoms with E-state index in [1.807, 2.05) is 30.9 Å². The van der Waals surface area contributed by atoms with Gasteiger partial charge in [0, 0.05) is 43.4 Å². The average Bonchev–Trinajstić information content (AvgIpc) is 2.90. The number of aryl methyl sites for hydroxylation is 1. The lowest BCUT2D eigenvalue weighted by atomic mass is 10.0. The van der Waals surface area contributed by atoms with E-state index >= 15 is 0 Å². The summed E-state index contributed by atoms with van der Waals surface area (Å²) in [5.74, 6) is -0.284. The van der Waals surface area contributed by atoms with Gasteiger partial charge in [-0.25, -0.2) is 4.79 Å². The highest BCUT2D eigenvalue weighted by molar-refractivity contribution is 6.05. The lowest BCUT2D eigenvalue weighted by Crippen LogP contribution is -2.41. The molecule has 0 unspecified atom stereocenters. The standard InChI is InChI=1S/C17H23N3O2/c1-18-12-6-8-20(9-7-12)13-4-5-14-15(17(21)22-3)11-19(2)16(14)10-13/h4-5,10-12,18H,6-9H2,1-3H3. The minimum atomic E-state index is -0.284. The van der Waals surface area contributed by atoms with Crippen molar-refractivity contribution in [3.8, 4) is 0 Å². The van der Waals surface area contributed by atoms with E-state index in [1.165, 1.54) is 12.8 Å². The van der Waals surface area contributed by atoms with Crippen LogP contribution in [0.5, 0.6) is 0 Å². The molecule has 2 aromatic rings. The van der Waals surface area contributed by atoms with Gasteiger partial charge in [-0.05, 0) is 38.1 Å². The van der Waals surface area contributed by atoms with Gasteiger partial charge in [0.25, 0.3) is 0 Å². The lowest BCUT2D eigenvalue weighted by molar-refractivity contribution is 0.0603. The summed E-state index contributed by atoms with van der Waals surface area (Å²) in [5.41, 5.74) is 2.91. The van der Waals surface area contributed by atoms with Gasteiger partial charge in [0.05, 0.1) is 18.2 Å². The molecule has 5 nitrogen and oxygen atoms in total. The van der Waals surface area contributed by atoms with Crippen LogP contribution in [0.25, 0.3) is 10.9 Å². The summed E-state index contributed by atoms with van der Waals surface area (Å²) in [7, 11) is 5.41. The van der Waals surface area contributed by atoms with Crippen molar-refractivity contribution < 1.29 is 9.53 Å². The number of rotatable bonds is 3. The number of hydrogen-bond acceptors (Lipinski definition) is 4. The highest BCUT2D eigenvalue weighted by atomic mass is 16.5. The van der Waals surface area contributed by atoms with E-state index in [4.69, 9.17) is 4.74 Å². The second-order valence-electron chi connectivity index (χ2n) is 5.90.